The highest BCUT2D eigenvalue weighted by Gasteiger charge is 2.29. The van der Waals surface area contributed by atoms with Crippen molar-refractivity contribution < 1.29 is 23.5 Å². The van der Waals surface area contributed by atoms with Gasteiger partial charge in [-0.1, -0.05) is 12.1 Å². The van der Waals surface area contributed by atoms with E-state index in [0.717, 1.165) is 12.8 Å². The molecule has 34 heavy (non-hydrogen) atoms. The van der Waals surface area contributed by atoms with Crippen LogP contribution in [0.2, 0.25) is 0 Å². The second kappa shape index (κ2) is 10.2. The Morgan fingerprint density at radius 1 is 1.00 bits per heavy atom. The number of carbonyl (C=O) groups excluding carboxylic acids is 3. The molecule has 2 aromatic carbocycles. The van der Waals surface area contributed by atoms with E-state index in [2.05, 4.69) is 16.0 Å². The highest BCUT2D eigenvalue weighted by atomic mass is 16.5. The predicted molar refractivity (Wildman–Crippen MR) is 126 cm³/mol. The summed E-state index contributed by atoms with van der Waals surface area (Å²) in [4.78, 5) is 48.9. The molecule has 1 aliphatic carbocycles. The first-order chi connectivity index (χ1) is 16.5. The van der Waals surface area contributed by atoms with Crippen LogP contribution in [-0.2, 0) is 4.79 Å². The summed E-state index contributed by atoms with van der Waals surface area (Å²) in [6.45, 7) is 2.52. The van der Waals surface area contributed by atoms with Crippen LogP contribution in [0.25, 0.3) is 11.0 Å². The maximum absolute atomic E-state index is 12.5. The van der Waals surface area contributed by atoms with E-state index < -0.39 is 11.5 Å². The second-order valence-corrected chi connectivity index (χ2v) is 7.91. The minimum absolute atomic E-state index is 0.00289. The summed E-state index contributed by atoms with van der Waals surface area (Å²) in [5.74, 6) is -0.370. The van der Waals surface area contributed by atoms with Crippen molar-refractivity contribution in [1.29, 1.82) is 0 Å². The Kier molecular flexibility index (Phi) is 6.91. The van der Waals surface area contributed by atoms with Gasteiger partial charge >= 0.3 is 5.63 Å². The summed E-state index contributed by atoms with van der Waals surface area (Å²) in [5.41, 5.74) is 0.460. The number of nitrogens with one attached hydrogen (secondary N) is 3. The first-order valence-electron chi connectivity index (χ1n) is 11.1. The van der Waals surface area contributed by atoms with Crippen LogP contribution in [0.15, 0.2) is 57.7 Å². The lowest BCUT2D eigenvalue weighted by atomic mass is 10.1. The maximum atomic E-state index is 12.5. The molecule has 0 radical (unpaired) electrons. The Morgan fingerprint density at radius 2 is 1.71 bits per heavy atom. The fourth-order valence-corrected chi connectivity index (χ4v) is 3.39. The van der Waals surface area contributed by atoms with Gasteiger partial charge in [-0.05, 0) is 56.2 Å². The summed E-state index contributed by atoms with van der Waals surface area (Å²) in [6, 6.07) is 13.2. The van der Waals surface area contributed by atoms with Gasteiger partial charge in [-0.3, -0.25) is 14.4 Å². The smallest absolute Gasteiger partial charge is 0.349 e. The molecule has 176 valence electrons. The van der Waals surface area contributed by atoms with Gasteiger partial charge in [0.05, 0.1) is 6.61 Å². The molecular formula is C25H25N3O6. The van der Waals surface area contributed by atoms with Crippen LogP contribution < -0.4 is 26.3 Å². The molecular weight excluding hydrogens is 438 g/mol. The molecule has 0 atom stereocenters. The normalized spacial score (nSPS) is 12.7. The number of para-hydroxylation sites is 1. The zero-order valence-electron chi connectivity index (χ0n) is 18.7. The van der Waals surface area contributed by atoms with Crippen molar-refractivity contribution in [3.8, 4) is 5.75 Å². The molecule has 4 rings (SSSR count). The van der Waals surface area contributed by atoms with E-state index in [0.29, 0.717) is 29.0 Å². The number of anilines is 1. The lowest BCUT2D eigenvalue weighted by Gasteiger charge is -2.09. The van der Waals surface area contributed by atoms with Gasteiger partial charge in [0.15, 0.2) is 11.3 Å². The van der Waals surface area contributed by atoms with Crippen LogP contribution in [0.3, 0.4) is 0 Å². The molecule has 1 heterocycles. The Bertz CT molecular complexity index is 1280. The Morgan fingerprint density at radius 3 is 2.38 bits per heavy atom. The second-order valence-electron chi connectivity index (χ2n) is 7.91. The van der Waals surface area contributed by atoms with Crippen molar-refractivity contribution in [1.82, 2.24) is 10.6 Å². The molecule has 3 aromatic rings. The zero-order chi connectivity index (χ0) is 24.1. The topological polar surface area (TPSA) is 127 Å². The van der Waals surface area contributed by atoms with E-state index in [1.807, 2.05) is 6.92 Å². The molecule has 0 bridgehead atoms. The van der Waals surface area contributed by atoms with E-state index in [1.165, 1.54) is 6.07 Å². The number of amides is 3. The van der Waals surface area contributed by atoms with Crippen LogP contribution in [0.5, 0.6) is 5.75 Å². The summed E-state index contributed by atoms with van der Waals surface area (Å²) >= 11 is 0. The summed E-state index contributed by atoms with van der Waals surface area (Å²) < 4.78 is 10.8. The minimum atomic E-state index is -0.768. The Labute approximate surface area is 195 Å². The molecule has 1 saturated carbocycles. The lowest BCUT2D eigenvalue weighted by Crippen LogP contribution is -2.36. The van der Waals surface area contributed by atoms with Crippen molar-refractivity contribution in [3.63, 3.8) is 0 Å². The molecule has 9 heteroatoms. The third kappa shape index (κ3) is 5.43. The van der Waals surface area contributed by atoms with Gasteiger partial charge in [-0.2, -0.15) is 0 Å². The largest absolute Gasteiger partial charge is 0.490 e. The van der Waals surface area contributed by atoms with Gasteiger partial charge in [-0.15, -0.1) is 0 Å². The average Bonchev–Trinajstić information content (AvgIpc) is 3.68. The van der Waals surface area contributed by atoms with Gasteiger partial charge in [-0.25, -0.2) is 4.79 Å². The van der Waals surface area contributed by atoms with Gasteiger partial charge in [0.25, 0.3) is 11.8 Å². The van der Waals surface area contributed by atoms with Crippen LogP contribution >= 0.6 is 0 Å². The van der Waals surface area contributed by atoms with Crippen molar-refractivity contribution in [2.45, 2.75) is 19.8 Å². The fourth-order valence-electron chi connectivity index (χ4n) is 3.39. The van der Waals surface area contributed by atoms with Gasteiger partial charge in [0.2, 0.25) is 5.91 Å². The van der Waals surface area contributed by atoms with E-state index in [1.54, 1.807) is 42.5 Å². The number of rotatable bonds is 9. The Hall–Kier alpha value is -4.14. The third-order valence-corrected chi connectivity index (χ3v) is 5.33. The van der Waals surface area contributed by atoms with Gasteiger partial charge in [0, 0.05) is 35.6 Å². The number of benzene rings is 2. The minimum Gasteiger partial charge on any atom is -0.490 e. The highest BCUT2D eigenvalue weighted by molar-refractivity contribution is 5.98. The fraction of sp³-hybridized carbons (Fsp3) is 0.280. The molecule has 3 amide bonds. The molecule has 9 nitrogen and oxygen atoms in total. The van der Waals surface area contributed by atoms with Crippen LogP contribution in [0.4, 0.5) is 5.69 Å². The molecule has 3 N–H and O–H groups in total. The van der Waals surface area contributed by atoms with E-state index >= 15 is 0 Å². The number of ether oxygens (including phenoxy) is 1. The summed E-state index contributed by atoms with van der Waals surface area (Å²) in [7, 11) is 0. The van der Waals surface area contributed by atoms with Crippen LogP contribution in [-0.4, -0.2) is 37.4 Å². The zero-order valence-corrected chi connectivity index (χ0v) is 18.7. The number of carbonyl (C=O) groups is 3. The lowest BCUT2D eigenvalue weighted by molar-refractivity contribution is -0.117. The molecule has 0 spiro atoms. The number of hydrogen-bond donors (Lipinski definition) is 3. The predicted octanol–water partition coefficient (Wildman–Crippen LogP) is 2.70. The molecule has 0 saturated heterocycles. The standard InChI is InChI=1S/C25H25N3O6/c1-2-33-20-5-3-4-17-14-19(25(32)34-21(17)20)24(31)27-13-12-26-22(29)15-8-10-18(11-9-15)28-23(30)16-6-7-16/h3-5,8-11,14,16H,2,6-7,12-13H2,1H3,(H,26,29)(H,27,31)(H,28,30). The number of hydrogen-bond acceptors (Lipinski definition) is 6. The highest BCUT2D eigenvalue weighted by Crippen LogP contribution is 2.30. The monoisotopic (exact) mass is 463 g/mol. The molecule has 1 aromatic heterocycles. The maximum Gasteiger partial charge on any atom is 0.349 e. The van der Waals surface area contributed by atoms with Crippen molar-refractivity contribution in [2.75, 3.05) is 25.0 Å². The van der Waals surface area contributed by atoms with Crippen molar-refractivity contribution in [3.05, 3.63) is 70.1 Å². The molecule has 0 unspecified atom stereocenters. The molecule has 1 aliphatic rings. The van der Waals surface area contributed by atoms with Crippen LogP contribution in [0, 0.1) is 5.92 Å². The van der Waals surface area contributed by atoms with Crippen LogP contribution in [0.1, 0.15) is 40.5 Å². The average molecular weight is 463 g/mol. The molecule has 0 aliphatic heterocycles. The van der Waals surface area contributed by atoms with E-state index in [-0.39, 0.29) is 42.0 Å². The van der Waals surface area contributed by atoms with Crippen molar-refractivity contribution in [2.24, 2.45) is 5.92 Å². The van der Waals surface area contributed by atoms with E-state index in [4.69, 9.17) is 9.15 Å². The Balaban J connectivity index is 1.28. The van der Waals surface area contributed by atoms with Gasteiger partial charge < -0.3 is 25.1 Å². The third-order valence-electron chi connectivity index (χ3n) is 5.33. The quantitative estimate of drug-likeness (QED) is 0.331. The SMILES string of the molecule is CCOc1cccc2cc(C(=O)NCCNC(=O)c3ccc(NC(=O)C4CC4)cc3)c(=O)oc12. The first-order valence-corrected chi connectivity index (χ1v) is 11.1. The first kappa shape index (κ1) is 23.0. The van der Waals surface area contributed by atoms with Crippen molar-refractivity contribution >= 4 is 34.4 Å². The number of fused-ring (bicyclic) bond motifs is 1. The van der Waals surface area contributed by atoms with E-state index in [9.17, 15) is 19.2 Å². The van der Waals surface area contributed by atoms with Gasteiger partial charge in [0.1, 0.15) is 5.56 Å². The molecule has 1 fully saturated rings. The summed E-state index contributed by atoms with van der Waals surface area (Å²) in [6.07, 6.45) is 1.84. The summed E-state index contributed by atoms with van der Waals surface area (Å²) in [5, 5.41) is 8.69.